The van der Waals surface area contributed by atoms with Crippen LogP contribution in [0.25, 0.3) is 10.9 Å². The van der Waals surface area contributed by atoms with Gasteiger partial charge in [-0.1, -0.05) is 0 Å². The Hall–Kier alpha value is -2.75. The van der Waals surface area contributed by atoms with Crippen molar-refractivity contribution in [2.45, 2.75) is 18.9 Å². The fraction of sp³-hybridized carbons (Fsp3) is 0.412. The molecule has 0 bridgehead atoms. The molecule has 2 N–H and O–H groups in total. The zero-order valence-electron chi connectivity index (χ0n) is 14.4. The summed E-state index contributed by atoms with van der Waals surface area (Å²) in [6.45, 7) is 1.40. The zero-order valence-corrected chi connectivity index (χ0v) is 15.2. The van der Waals surface area contributed by atoms with Crippen LogP contribution in [0.5, 0.6) is 0 Å². The van der Waals surface area contributed by atoms with E-state index in [0.29, 0.717) is 24.3 Å². The lowest BCUT2D eigenvalue weighted by molar-refractivity contribution is -0.383. The molecule has 0 atom stereocenters. The van der Waals surface area contributed by atoms with Crippen molar-refractivity contribution in [1.82, 2.24) is 4.68 Å². The van der Waals surface area contributed by atoms with Crippen LogP contribution >= 0.6 is 11.8 Å². The van der Waals surface area contributed by atoms with E-state index >= 15 is 0 Å². The molecule has 10 heteroatoms. The monoisotopic (exact) mass is 390 g/mol. The third-order valence-corrected chi connectivity index (χ3v) is 5.70. The Morgan fingerprint density at radius 1 is 1.30 bits per heavy atom. The van der Waals surface area contributed by atoms with Gasteiger partial charge in [-0.05, 0) is 18.9 Å². The van der Waals surface area contributed by atoms with E-state index < -0.39 is 21.9 Å². The van der Waals surface area contributed by atoms with E-state index in [0.717, 1.165) is 24.3 Å². The van der Waals surface area contributed by atoms with E-state index in [1.54, 1.807) is 22.5 Å². The van der Waals surface area contributed by atoms with E-state index in [1.807, 2.05) is 5.01 Å². The van der Waals surface area contributed by atoms with Gasteiger partial charge in [0.1, 0.15) is 11.3 Å². The van der Waals surface area contributed by atoms with Crippen molar-refractivity contribution < 1.29 is 14.8 Å². The maximum Gasteiger partial charge on any atom is 0.341 e. The van der Waals surface area contributed by atoms with Gasteiger partial charge in [0.15, 0.2) is 0 Å². The van der Waals surface area contributed by atoms with Crippen LogP contribution in [0.3, 0.4) is 0 Å². The van der Waals surface area contributed by atoms with Crippen molar-refractivity contribution in [3.8, 4) is 0 Å². The second kappa shape index (κ2) is 6.76. The standard InChI is InChI=1S/C17H18N4O5S/c22-16-11-7-15(21(25)26)13(18-10-1-2-10)8-14(11)20(9-12(16)17(23)24)19-3-5-27-6-4-19/h7-10,18H,1-6H2,(H,23,24). The normalized spacial score (nSPS) is 17.1. The summed E-state index contributed by atoms with van der Waals surface area (Å²) in [6, 6.07) is 3.00. The average Bonchev–Trinajstić information content (AvgIpc) is 3.46. The number of nitro groups is 1. The van der Waals surface area contributed by atoms with Gasteiger partial charge >= 0.3 is 5.97 Å². The van der Waals surface area contributed by atoms with Gasteiger partial charge in [0, 0.05) is 42.9 Å². The van der Waals surface area contributed by atoms with E-state index in [2.05, 4.69) is 5.32 Å². The zero-order chi connectivity index (χ0) is 19.1. The summed E-state index contributed by atoms with van der Waals surface area (Å²) in [6.07, 6.45) is 3.22. The maximum atomic E-state index is 12.7. The first kappa shape index (κ1) is 17.7. The largest absolute Gasteiger partial charge is 0.477 e. The highest BCUT2D eigenvalue weighted by Gasteiger charge is 2.27. The van der Waals surface area contributed by atoms with Gasteiger partial charge in [-0.25, -0.2) is 4.79 Å². The number of aromatic nitrogens is 1. The minimum Gasteiger partial charge on any atom is -0.477 e. The van der Waals surface area contributed by atoms with Gasteiger partial charge in [0.2, 0.25) is 5.43 Å². The fourth-order valence-electron chi connectivity index (χ4n) is 3.21. The summed E-state index contributed by atoms with van der Waals surface area (Å²) in [5.74, 6) is 0.427. The molecule has 4 rings (SSSR count). The van der Waals surface area contributed by atoms with Crippen LogP contribution in [0.15, 0.2) is 23.1 Å². The summed E-state index contributed by atoms with van der Waals surface area (Å²) in [4.78, 5) is 35.2. The molecule has 2 fully saturated rings. The number of carboxylic acid groups (broad SMARTS) is 1. The second-order valence-electron chi connectivity index (χ2n) is 6.65. The number of benzene rings is 1. The molecule has 1 aliphatic carbocycles. The minimum absolute atomic E-state index is 0.0428. The number of nitrogens with zero attached hydrogens (tertiary/aromatic N) is 3. The fourth-order valence-corrected chi connectivity index (χ4v) is 4.10. The smallest absolute Gasteiger partial charge is 0.341 e. The van der Waals surface area contributed by atoms with E-state index in [4.69, 9.17) is 0 Å². The molecule has 1 aromatic heterocycles. The molecule has 1 saturated carbocycles. The molecular weight excluding hydrogens is 372 g/mol. The van der Waals surface area contributed by atoms with Crippen molar-refractivity contribution in [1.29, 1.82) is 0 Å². The number of thioether (sulfide) groups is 1. The van der Waals surface area contributed by atoms with Gasteiger partial charge in [0.25, 0.3) is 5.69 Å². The number of aromatic carboxylic acids is 1. The summed E-state index contributed by atoms with van der Waals surface area (Å²) in [5, 5.41) is 26.1. The molecule has 1 saturated heterocycles. The molecule has 27 heavy (non-hydrogen) atoms. The van der Waals surface area contributed by atoms with E-state index in [1.165, 1.54) is 12.3 Å². The van der Waals surface area contributed by atoms with Gasteiger partial charge in [-0.2, -0.15) is 11.8 Å². The highest BCUT2D eigenvalue weighted by Crippen LogP contribution is 2.34. The van der Waals surface area contributed by atoms with Crippen molar-refractivity contribution in [3.63, 3.8) is 0 Å². The molecular formula is C17H18N4O5S. The van der Waals surface area contributed by atoms with Crippen molar-refractivity contribution in [2.75, 3.05) is 34.9 Å². The van der Waals surface area contributed by atoms with Crippen molar-refractivity contribution in [2.24, 2.45) is 0 Å². The third-order valence-electron chi connectivity index (χ3n) is 4.76. The number of carboxylic acids is 1. The molecule has 0 unspecified atom stereocenters. The predicted octanol–water partition coefficient (Wildman–Crippen LogP) is 1.87. The first-order chi connectivity index (χ1) is 13.0. The van der Waals surface area contributed by atoms with Gasteiger partial charge in [-0.3, -0.25) is 19.6 Å². The predicted molar refractivity (Wildman–Crippen MR) is 104 cm³/mol. The quantitative estimate of drug-likeness (QED) is 0.587. The molecule has 1 aliphatic heterocycles. The Morgan fingerprint density at radius 3 is 2.59 bits per heavy atom. The lowest BCUT2D eigenvalue weighted by Gasteiger charge is -2.32. The van der Waals surface area contributed by atoms with Crippen LogP contribution in [-0.4, -0.2) is 51.3 Å². The number of hydrogen-bond donors (Lipinski definition) is 2. The Morgan fingerprint density at radius 2 is 2.00 bits per heavy atom. The number of nitrogens with one attached hydrogen (secondary N) is 1. The Bertz CT molecular complexity index is 995. The third kappa shape index (κ3) is 3.32. The molecule has 2 aliphatic rings. The highest BCUT2D eigenvalue weighted by atomic mass is 32.2. The molecule has 2 aromatic rings. The van der Waals surface area contributed by atoms with Gasteiger partial charge in [-0.15, -0.1) is 0 Å². The number of carbonyl (C=O) groups is 1. The Kier molecular flexibility index (Phi) is 4.42. The van der Waals surface area contributed by atoms with Crippen LogP contribution in [-0.2, 0) is 0 Å². The summed E-state index contributed by atoms with van der Waals surface area (Å²) >= 11 is 1.80. The number of hydrogen-bond acceptors (Lipinski definition) is 7. The second-order valence-corrected chi connectivity index (χ2v) is 7.87. The van der Waals surface area contributed by atoms with Gasteiger partial charge in [0.05, 0.1) is 15.8 Å². The SMILES string of the molecule is O=C(O)c1cn(N2CCSCC2)c2cc(NC3CC3)c([N+](=O)[O-])cc2c1=O. The summed E-state index contributed by atoms with van der Waals surface area (Å²) in [5.41, 5.74) is -0.475. The molecule has 1 aromatic carbocycles. The Labute approximate surface area is 158 Å². The molecule has 9 nitrogen and oxygen atoms in total. The van der Waals surface area contributed by atoms with Crippen LogP contribution in [0.4, 0.5) is 11.4 Å². The first-order valence-corrected chi connectivity index (χ1v) is 9.82. The van der Waals surface area contributed by atoms with Crippen LogP contribution in [0.1, 0.15) is 23.2 Å². The minimum atomic E-state index is -1.34. The number of nitro benzene ring substituents is 1. The molecule has 142 valence electrons. The first-order valence-electron chi connectivity index (χ1n) is 8.66. The van der Waals surface area contributed by atoms with Gasteiger partial charge < -0.3 is 15.4 Å². The number of fused-ring (bicyclic) bond motifs is 1. The lowest BCUT2D eigenvalue weighted by atomic mass is 10.1. The van der Waals surface area contributed by atoms with E-state index in [-0.39, 0.29) is 17.1 Å². The number of anilines is 1. The summed E-state index contributed by atoms with van der Waals surface area (Å²) < 4.78 is 1.67. The maximum absolute atomic E-state index is 12.7. The molecule has 2 heterocycles. The van der Waals surface area contributed by atoms with Crippen molar-refractivity contribution in [3.05, 3.63) is 44.2 Å². The van der Waals surface area contributed by atoms with Crippen LogP contribution in [0, 0.1) is 10.1 Å². The van der Waals surface area contributed by atoms with Crippen LogP contribution in [0.2, 0.25) is 0 Å². The van der Waals surface area contributed by atoms with Crippen LogP contribution < -0.4 is 15.8 Å². The highest BCUT2D eigenvalue weighted by molar-refractivity contribution is 7.99. The topological polar surface area (TPSA) is 118 Å². The number of rotatable bonds is 5. The Balaban J connectivity index is 1.98. The summed E-state index contributed by atoms with van der Waals surface area (Å²) in [7, 11) is 0. The molecule has 0 spiro atoms. The van der Waals surface area contributed by atoms with E-state index in [9.17, 15) is 24.8 Å². The number of pyridine rings is 1. The molecule has 0 radical (unpaired) electrons. The lowest BCUT2D eigenvalue weighted by Crippen LogP contribution is -2.42. The molecule has 0 amide bonds. The van der Waals surface area contributed by atoms with Crippen molar-refractivity contribution >= 4 is 40.0 Å². The average molecular weight is 390 g/mol.